The van der Waals surface area contributed by atoms with Crippen LogP contribution < -0.4 is 0 Å². The molecule has 0 aromatic rings. The van der Waals surface area contributed by atoms with Gasteiger partial charge in [-0.1, -0.05) is 17.2 Å². The smallest absolute Gasteiger partial charge is 0.404 e. The molecular weight excluding hydrogens is 200 g/mol. The van der Waals surface area contributed by atoms with Gasteiger partial charge in [0.1, 0.15) is 6.61 Å². The minimum atomic E-state index is -0.752. The Morgan fingerprint density at radius 2 is 1.93 bits per heavy atom. The summed E-state index contributed by atoms with van der Waals surface area (Å²) in [5, 5.41) is 0. The summed E-state index contributed by atoms with van der Waals surface area (Å²) in [6.07, 6.45) is 6.08. The molecule has 0 unspecified atom stereocenters. The van der Waals surface area contributed by atoms with Gasteiger partial charge in [-0.05, 0) is 39.7 Å². The summed E-state index contributed by atoms with van der Waals surface area (Å²) < 4.78 is 4.57. The van der Waals surface area contributed by atoms with Crippen LogP contribution >= 0.6 is 11.6 Å². The third-order valence-electron chi connectivity index (χ3n) is 1.72. The number of halogens is 1. The molecule has 0 atom stereocenters. The largest absolute Gasteiger partial charge is 0.449 e. The average molecular weight is 217 g/mol. The van der Waals surface area contributed by atoms with E-state index in [2.05, 4.69) is 24.7 Å². The summed E-state index contributed by atoms with van der Waals surface area (Å²) >= 11 is 5.01. The fourth-order valence-corrected chi connectivity index (χ4v) is 1.00. The van der Waals surface area contributed by atoms with Crippen molar-refractivity contribution in [2.75, 3.05) is 6.61 Å². The Hall–Kier alpha value is -0.760. The highest BCUT2D eigenvalue weighted by Crippen LogP contribution is 2.06. The van der Waals surface area contributed by atoms with Crippen molar-refractivity contribution in [3.05, 3.63) is 23.3 Å². The van der Waals surface area contributed by atoms with Crippen molar-refractivity contribution in [3.63, 3.8) is 0 Å². The summed E-state index contributed by atoms with van der Waals surface area (Å²) in [7, 11) is 0. The number of ether oxygens (including phenoxy) is 1. The van der Waals surface area contributed by atoms with E-state index >= 15 is 0 Å². The van der Waals surface area contributed by atoms with Crippen molar-refractivity contribution < 1.29 is 9.53 Å². The van der Waals surface area contributed by atoms with Crippen molar-refractivity contribution in [2.45, 2.75) is 33.6 Å². The first-order chi connectivity index (χ1) is 6.52. The maximum Gasteiger partial charge on any atom is 0.404 e. The normalized spacial score (nSPS) is 11.0. The van der Waals surface area contributed by atoms with Crippen LogP contribution in [0, 0.1) is 0 Å². The molecule has 0 saturated heterocycles. The zero-order chi connectivity index (χ0) is 11.0. The number of carbonyl (C=O) groups is 1. The fourth-order valence-electron chi connectivity index (χ4n) is 0.940. The predicted octanol–water partition coefficient (Wildman–Crippen LogP) is 4.05. The molecule has 3 heteroatoms. The van der Waals surface area contributed by atoms with Gasteiger partial charge in [-0.2, -0.15) is 0 Å². The molecule has 0 radical (unpaired) electrons. The lowest BCUT2D eigenvalue weighted by Gasteiger charge is -1.99. The number of carbonyl (C=O) groups excluding carboxylic acids is 1. The van der Waals surface area contributed by atoms with E-state index in [1.807, 2.05) is 13.0 Å². The molecular formula is C11H17ClO2. The summed E-state index contributed by atoms with van der Waals surface area (Å²) in [4.78, 5) is 10.2. The predicted molar refractivity (Wildman–Crippen MR) is 59.6 cm³/mol. The Morgan fingerprint density at radius 1 is 1.29 bits per heavy atom. The molecule has 14 heavy (non-hydrogen) atoms. The summed E-state index contributed by atoms with van der Waals surface area (Å²) in [6.45, 7) is 6.44. The van der Waals surface area contributed by atoms with Gasteiger partial charge < -0.3 is 4.74 Å². The summed E-state index contributed by atoms with van der Waals surface area (Å²) in [5.74, 6) is 0. The molecule has 0 rings (SSSR count). The molecule has 0 N–H and O–H groups in total. The van der Waals surface area contributed by atoms with E-state index in [0.29, 0.717) is 0 Å². The van der Waals surface area contributed by atoms with Crippen LogP contribution in [0.2, 0.25) is 0 Å². The highest BCUT2D eigenvalue weighted by Gasteiger charge is 1.93. The van der Waals surface area contributed by atoms with E-state index in [-0.39, 0.29) is 6.61 Å². The lowest BCUT2D eigenvalue weighted by molar-refractivity contribution is 0.186. The second-order valence-corrected chi connectivity index (χ2v) is 3.73. The van der Waals surface area contributed by atoms with Gasteiger partial charge in [-0.3, -0.25) is 0 Å². The van der Waals surface area contributed by atoms with Gasteiger partial charge in [0.05, 0.1) is 0 Å². The van der Waals surface area contributed by atoms with Crippen LogP contribution in [0.1, 0.15) is 33.6 Å². The van der Waals surface area contributed by atoms with Crippen molar-refractivity contribution in [1.29, 1.82) is 0 Å². The SMILES string of the molecule is CC(C)=CCCC(C)=CCOC(=O)Cl. The monoisotopic (exact) mass is 216 g/mol. The van der Waals surface area contributed by atoms with Gasteiger partial charge in [0.15, 0.2) is 0 Å². The van der Waals surface area contributed by atoms with Gasteiger partial charge in [-0.25, -0.2) is 4.79 Å². The van der Waals surface area contributed by atoms with Gasteiger partial charge in [0, 0.05) is 11.6 Å². The summed E-state index contributed by atoms with van der Waals surface area (Å²) in [5.41, 5.74) is 1.78. The molecule has 0 saturated carbocycles. The van der Waals surface area contributed by atoms with E-state index in [9.17, 15) is 4.79 Å². The average Bonchev–Trinajstić information content (AvgIpc) is 2.02. The van der Waals surface area contributed by atoms with Crippen LogP contribution in [-0.4, -0.2) is 12.0 Å². The second kappa shape index (κ2) is 7.63. The first-order valence-electron chi connectivity index (χ1n) is 4.63. The molecule has 0 aromatic heterocycles. The molecule has 0 heterocycles. The second-order valence-electron chi connectivity index (χ2n) is 3.42. The van der Waals surface area contributed by atoms with Crippen molar-refractivity contribution in [2.24, 2.45) is 0 Å². The topological polar surface area (TPSA) is 26.3 Å². The Morgan fingerprint density at radius 3 is 2.43 bits per heavy atom. The maximum atomic E-state index is 10.2. The van der Waals surface area contributed by atoms with Gasteiger partial charge >= 0.3 is 5.43 Å². The molecule has 0 amide bonds. The Labute approximate surface area is 90.6 Å². The van der Waals surface area contributed by atoms with Gasteiger partial charge in [-0.15, -0.1) is 0 Å². The molecule has 2 nitrogen and oxygen atoms in total. The first kappa shape index (κ1) is 13.2. The van der Waals surface area contributed by atoms with Crippen LogP contribution in [0.4, 0.5) is 4.79 Å². The van der Waals surface area contributed by atoms with Crippen LogP contribution in [0.15, 0.2) is 23.3 Å². The van der Waals surface area contributed by atoms with Crippen LogP contribution in [0.5, 0.6) is 0 Å². The standard InChI is InChI=1S/C11H17ClO2/c1-9(2)5-4-6-10(3)7-8-14-11(12)13/h5,7H,4,6,8H2,1-3H3. The molecule has 0 aliphatic heterocycles. The Bertz CT molecular complexity index is 238. The van der Waals surface area contributed by atoms with Gasteiger partial charge in [0.2, 0.25) is 0 Å². The zero-order valence-electron chi connectivity index (χ0n) is 8.97. The molecule has 0 aliphatic carbocycles. The molecule has 0 spiro atoms. The van der Waals surface area contributed by atoms with Gasteiger partial charge in [0.25, 0.3) is 0 Å². The highest BCUT2D eigenvalue weighted by atomic mass is 35.5. The fraction of sp³-hybridized carbons (Fsp3) is 0.545. The van der Waals surface area contributed by atoms with Crippen LogP contribution in [0.3, 0.4) is 0 Å². The Kier molecular flexibility index (Phi) is 7.21. The number of rotatable bonds is 5. The van der Waals surface area contributed by atoms with Crippen molar-refractivity contribution >= 4 is 17.0 Å². The van der Waals surface area contributed by atoms with E-state index in [0.717, 1.165) is 12.8 Å². The van der Waals surface area contributed by atoms with E-state index < -0.39 is 5.43 Å². The lowest BCUT2D eigenvalue weighted by atomic mass is 10.1. The molecule has 80 valence electrons. The highest BCUT2D eigenvalue weighted by molar-refractivity contribution is 6.61. The van der Waals surface area contributed by atoms with E-state index in [1.54, 1.807) is 0 Å². The maximum absolute atomic E-state index is 10.2. The number of allylic oxidation sites excluding steroid dienone is 3. The van der Waals surface area contributed by atoms with Crippen molar-refractivity contribution in [3.8, 4) is 0 Å². The van der Waals surface area contributed by atoms with E-state index in [4.69, 9.17) is 11.6 Å². The molecule has 0 fully saturated rings. The number of hydrogen-bond acceptors (Lipinski definition) is 2. The summed E-state index contributed by atoms with van der Waals surface area (Å²) in [6, 6.07) is 0. The van der Waals surface area contributed by atoms with Crippen LogP contribution in [-0.2, 0) is 4.74 Å². The third-order valence-corrected chi connectivity index (χ3v) is 1.83. The zero-order valence-corrected chi connectivity index (χ0v) is 9.73. The minimum Gasteiger partial charge on any atom is -0.449 e. The quantitative estimate of drug-likeness (QED) is 0.512. The van der Waals surface area contributed by atoms with E-state index in [1.165, 1.54) is 11.1 Å². The van der Waals surface area contributed by atoms with Crippen LogP contribution in [0.25, 0.3) is 0 Å². The first-order valence-corrected chi connectivity index (χ1v) is 5.01. The molecule has 0 aromatic carbocycles. The number of hydrogen-bond donors (Lipinski definition) is 0. The third kappa shape index (κ3) is 9.33. The minimum absolute atomic E-state index is 0.267. The molecule has 0 aliphatic rings. The Balaban J connectivity index is 3.67. The van der Waals surface area contributed by atoms with Crippen molar-refractivity contribution in [1.82, 2.24) is 0 Å². The molecule has 0 bridgehead atoms. The lowest BCUT2D eigenvalue weighted by Crippen LogP contribution is -1.93.